The van der Waals surface area contributed by atoms with Gasteiger partial charge in [0, 0.05) is 40.3 Å². The maximum absolute atomic E-state index is 12.8. The summed E-state index contributed by atoms with van der Waals surface area (Å²) in [6.07, 6.45) is 1.99. The molecule has 0 bridgehead atoms. The highest BCUT2D eigenvalue weighted by molar-refractivity contribution is 9.10. The standard InChI is InChI=1S/C25H30BrClN8O5/c1-24(2,3)40-23(39)33-25(5-4-18(28)36)6-7-34(11-25)17-9-14(27)8-16(26)15(17)10-35-13-31-19-20(32-22(37)38)29-12-30-21(19)35/h8-9,12-13H,4-7,10-11H2,1-3H3,(H2,28,36)(H,33,39)(H,37,38)(H,29,30,32). The number of imidazole rings is 1. The zero-order chi connectivity index (χ0) is 29.2. The van der Waals surface area contributed by atoms with Gasteiger partial charge in [-0.2, -0.15) is 0 Å². The van der Waals surface area contributed by atoms with Crippen molar-refractivity contribution in [3.63, 3.8) is 0 Å². The number of amides is 3. The summed E-state index contributed by atoms with van der Waals surface area (Å²) >= 11 is 10.1. The van der Waals surface area contributed by atoms with Crippen molar-refractivity contribution in [2.75, 3.05) is 23.3 Å². The van der Waals surface area contributed by atoms with Gasteiger partial charge in [0.2, 0.25) is 5.91 Å². The average Bonchev–Trinajstić information content (AvgIpc) is 3.43. The molecule has 1 unspecified atom stereocenters. The molecule has 3 amide bonds. The van der Waals surface area contributed by atoms with Crippen molar-refractivity contribution in [3.05, 3.63) is 39.8 Å². The molecule has 3 aromatic rings. The summed E-state index contributed by atoms with van der Waals surface area (Å²) in [5, 5.41) is 14.9. The minimum atomic E-state index is -1.26. The zero-order valence-corrected chi connectivity index (χ0v) is 24.5. The number of nitrogens with two attached hydrogens (primary N) is 1. The monoisotopic (exact) mass is 636 g/mol. The minimum absolute atomic E-state index is 0.0821. The summed E-state index contributed by atoms with van der Waals surface area (Å²) in [5.41, 5.74) is 6.43. The fourth-order valence-electron chi connectivity index (χ4n) is 4.72. The van der Waals surface area contributed by atoms with Crippen LogP contribution in [-0.2, 0) is 16.1 Å². The van der Waals surface area contributed by atoms with Crippen molar-refractivity contribution in [1.82, 2.24) is 24.8 Å². The molecule has 0 aliphatic carbocycles. The van der Waals surface area contributed by atoms with Crippen LogP contribution in [0.2, 0.25) is 5.02 Å². The molecule has 40 heavy (non-hydrogen) atoms. The van der Waals surface area contributed by atoms with E-state index < -0.39 is 29.2 Å². The van der Waals surface area contributed by atoms with E-state index in [9.17, 15) is 14.4 Å². The Morgan fingerprint density at radius 1 is 1.25 bits per heavy atom. The van der Waals surface area contributed by atoms with E-state index in [4.69, 9.17) is 27.2 Å². The predicted octanol–water partition coefficient (Wildman–Crippen LogP) is 4.12. The van der Waals surface area contributed by atoms with E-state index in [0.717, 1.165) is 15.7 Å². The molecular formula is C25H30BrClN8O5. The van der Waals surface area contributed by atoms with Gasteiger partial charge >= 0.3 is 12.2 Å². The number of rotatable bonds is 8. The van der Waals surface area contributed by atoms with E-state index in [1.807, 2.05) is 6.07 Å². The first-order chi connectivity index (χ1) is 18.7. The molecule has 1 aliphatic heterocycles. The van der Waals surface area contributed by atoms with E-state index in [2.05, 4.69) is 46.4 Å². The highest BCUT2D eigenvalue weighted by Gasteiger charge is 2.41. The Morgan fingerprint density at radius 3 is 2.67 bits per heavy atom. The van der Waals surface area contributed by atoms with Crippen molar-refractivity contribution in [2.24, 2.45) is 5.73 Å². The Morgan fingerprint density at radius 2 is 2.00 bits per heavy atom. The molecule has 214 valence electrons. The molecule has 0 saturated carbocycles. The summed E-state index contributed by atoms with van der Waals surface area (Å²) in [4.78, 5) is 50.3. The number of alkyl carbamates (subject to hydrolysis) is 1. The van der Waals surface area contributed by atoms with Gasteiger partial charge in [0.25, 0.3) is 0 Å². The lowest BCUT2D eigenvalue weighted by Crippen LogP contribution is -2.52. The number of aromatic nitrogens is 4. The van der Waals surface area contributed by atoms with Crippen LogP contribution in [0.1, 0.15) is 45.6 Å². The van der Waals surface area contributed by atoms with E-state index in [1.165, 1.54) is 6.33 Å². The number of nitrogens with one attached hydrogen (secondary N) is 2. The third-order valence-electron chi connectivity index (χ3n) is 6.40. The Bertz CT molecular complexity index is 1460. The fourth-order valence-corrected chi connectivity index (χ4v) is 5.64. The molecule has 2 aromatic heterocycles. The third kappa shape index (κ3) is 6.91. The highest BCUT2D eigenvalue weighted by atomic mass is 79.9. The van der Waals surface area contributed by atoms with Gasteiger partial charge in [-0.05, 0) is 45.7 Å². The molecule has 13 nitrogen and oxygen atoms in total. The van der Waals surface area contributed by atoms with Crippen molar-refractivity contribution in [1.29, 1.82) is 0 Å². The number of carboxylic acid groups (broad SMARTS) is 1. The number of carbonyl (C=O) groups excluding carboxylic acids is 2. The zero-order valence-electron chi connectivity index (χ0n) is 22.2. The maximum atomic E-state index is 12.8. The van der Waals surface area contributed by atoms with Crippen molar-refractivity contribution in [3.8, 4) is 0 Å². The Balaban J connectivity index is 1.66. The van der Waals surface area contributed by atoms with E-state index in [1.54, 1.807) is 37.7 Å². The first-order valence-electron chi connectivity index (χ1n) is 12.4. The number of anilines is 2. The van der Waals surface area contributed by atoms with Gasteiger partial charge in [0.05, 0.1) is 18.4 Å². The van der Waals surface area contributed by atoms with Crippen LogP contribution < -0.4 is 21.3 Å². The van der Waals surface area contributed by atoms with Gasteiger partial charge in [0.15, 0.2) is 17.0 Å². The van der Waals surface area contributed by atoms with Gasteiger partial charge in [-0.1, -0.05) is 27.5 Å². The molecular weight excluding hydrogens is 608 g/mol. The molecule has 3 heterocycles. The van der Waals surface area contributed by atoms with Crippen LogP contribution in [0.4, 0.5) is 21.1 Å². The molecule has 1 aliphatic rings. The number of carbonyl (C=O) groups is 3. The minimum Gasteiger partial charge on any atom is -0.465 e. The lowest BCUT2D eigenvalue weighted by molar-refractivity contribution is -0.118. The molecule has 1 aromatic carbocycles. The number of benzene rings is 1. The van der Waals surface area contributed by atoms with E-state index in [-0.39, 0.29) is 12.2 Å². The average molecular weight is 638 g/mol. The molecule has 0 spiro atoms. The second kappa shape index (κ2) is 11.5. The molecule has 1 atom stereocenters. The number of halogens is 2. The molecule has 5 N–H and O–H groups in total. The molecule has 0 radical (unpaired) electrons. The third-order valence-corrected chi connectivity index (χ3v) is 7.33. The smallest absolute Gasteiger partial charge is 0.410 e. The number of hydrogen-bond donors (Lipinski definition) is 4. The quantitative estimate of drug-likeness (QED) is 0.283. The Hall–Kier alpha value is -3.65. The summed E-state index contributed by atoms with van der Waals surface area (Å²) in [7, 11) is 0. The fraction of sp³-hybridized carbons (Fsp3) is 0.440. The summed E-state index contributed by atoms with van der Waals surface area (Å²) < 4.78 is 8.02. The van der Waals surface area contributed by atoms with Gasteiger partial charge in [0.1, 0.15) is 11.9 Å². The summed E-state index contributed by atoms with van der Waals surface area (Å²) in [6.45, 7) is 6.62. The second-order valence-electron chi connectivity index (χ2n) is 10.6. The molecule has 4 rings (SSSR count). The van der Waals surface area contributed by atoms with Crippen LogP contribution >= 0.6 is 27.5 Å². The summed E-state index contributed by atoms with van der Waals surface area (Å²) in [5.74, 6) is -0.376. The van der Waals surface area contributed by atoms with Gasteiger partial charge in [-0.25, -0.2) is 24.5 Å². The normalized spacial score (nSPS) is 17.2. The number of hydrogen-bond acceptors (Lipinski definition) is 8. The predicted molar refractivity (Wildman–Crippen MR) is 153 cm³/mol. The first-order valence-corrected chi connectivity index (χ1v) is 13.6. The van der Waals surface area contributed by atoms with Crippen molar-refractivity contribution < 1.29 is 24.2 Å². The maximum Gasteiger partial charge on any atom is 0.410 e. The number of nitrogens with zero attached hydrogens (tertiary/aromatic N) is 5. The van der Waals surface area contributed by atoms with Crippen LogP contribution in [0.5, 0.6) is 0 Å². The van der Waals surface area contributed by atoms with Crippen molar-refractivity contribution >= 4 is 68.3 Å². The lowest BCUT2D eigenvalue weighted by atomic mass is 9.92. The van der Waals surface area contributed by atoms with Gasteiger partial charge in [-0.3, -0.25) is 10.1 Å². The SMILES string of the molecule is CC(C)(C)OC(=O)NC1(CCC(N)=O)CCN(c2cc(Cl)cc(Br)c2Cn2cnc3c(NC(=O)O)ncnc32)C1. The van der Waals surface area contributed by atoms with E-state index in [0.29, 0.717) is 48.7 Å². The number of fused-ring (bicyclic) bond motifs is 1. The van der Waals surface area contributed by atoms with Gasteiger partial charge < -0.3 is 30.4 Å². The van der Waals surface area contributed by atoms with Crippen LogP contribution in [-0.4, -0.2) is 66.9 Å². The van der Waals surface area contributed by atoms with Crippen LogP contribution in [0.3, 0.4) is 0 Å². The van der Waals surface area contributed by atoms with Crippen LogP contribution in [0, 0.1) is 0 Å². The van der Waals surface area contributed by atoms with Crippen LogP contribution in [0.15, 0.2) is 29.3 Å². The number of primary amides is 1. The molecule has 1 fully saturated rings. The molecule has 15 heteroatoms. The second-order valence-corrected chi connectivity index (χ2v) is 11.9. The lowest BCUT2D eigenvalue weighted by Gasteiger charge is -2.32. The largest absolute Gasteiger partial charge is 0.465 e. The van der Waals surface area contributed by atoms with Crippen LogP contribution in [0.25, 0.3) is 11.2 Å². The van der Waals surface area contributed by atoms with Gasteiger partial charge in [-0.15, -0.1) is 0 Å². The Labute approximate surface area is 243 Å². The topological polar surface area (TPSA) is 178 Å². The number of ether oxygens (including phenoxy) is 1. The first kappa shape index (κ1) is 29.3. The highest BCUT2D eigenvalue weighted by Crippen LogP contribution is 2.38. The Kier molecular flexibility index (Phi) is 8.40. The van der Waals surface area contributed by atoms with Crippen molar-refractivity contribution in [2.45, 2.75) is 57.7 Å². The van der Waals surface area contributed by atoms with E-state index >= 15 is 0 Å². The molecule has 1 saturated heterocycles. The summed E-state index contributed by atoms with van der Waals surface area (Å²) in [6, 6.07) is 3.62.